The number of benzene rings is 2. The molecular formula is C22H23F3N4O4S. The summed E-state index contributed by atoms with van der Waals surface area (Å²) in [6, 6.07) is 4.72. The number of rotatable bonds is 7. The van der Waals surface area contributed by atoms with Crippen molar-refractivity contribution in [1.29, 1.82) is 0 Å². The summed E-state index contributed by atoms with van der Waals surface area (Å²) in [4.78, 5) is 10.8. The van der Waals surface area contributed by atoms with Gasteiger partial charge in [0, 0.05) is 19.2 Å². The SMILES string of the molecule is CCCS(=O)(=O)Nc1cc(F)c(F)c(C(O)c2ccc3ncc(N4CCOCC4)nc3c2)c1F. The van der Waals surface area contributed by atoms with Crippen LogP contribution in [0, 0.1) is 17.5 Å². The van der Waals surface area contributed by atoms with Gasteiger partial charge in [-0.2, -0.15) is 0 Å². The van der Waals surface area contributed by atoms with Crippen molar-refractivity contribution in [3.63, 3.8) is 0 Å². The van der Waals surface area contributed by atoms with Crippen LogP contribution < -0.4 is 9.62 Å². The molecule has 182 valence electrons. The average molecular weight is 497 g/mol. The predicted molar refractivity (Wildman–Crippen MR) is 121 cm³/mol. The minimum absolute atomic E-state index is 0.0340. The third-order valence-corrected chi connectivity index (χ3v) is 6.88. The van der Waals surface area contributed by atoms with Crippen LogP contribution in [0.25, 0.3) is 11.0 Å². The molecule has 0 saturated carbocycles. The van der Waals surface area contributed by atoms with Crippen molar-refractivity contribution in [1.82, 2.24) is 9.97 Å². The lowest BCUT2D eigenvalue weighted by molar-refractivity contribution is 0.122. The Kier molecular flexibility index (Phi) is 6.91. The van der Waals surface area contributed by atoms with E-state index < -0.39 is 44.8 Å². The summed E-state index contributed by atoms with van der Waals surface area (Å²) in [5, 5.41) is 10.8. The lowest BCUT2D eigenvalue weighted by atomic mass is 9.99. The number of anilines is 2. The number of sulfonamides is 1. The molecule has 3 aromatic rings. The molecule has 1 saturated heterocycles. The van der Waals surface area contributed by atoms with Gasteiger partial charge in [0.2, 0.25) is 10.0 Å². The summed E-state index contributed by atoms with van der Waals surface area (Å²) < 4.78 is 75.2. The van der Waals surface area contributed by atoms with Crippen LogP contribution in [-0.2, 0) is 14.8 Å². The predicted octanol–water partition coefficient (Wildman–Crippen LogP) is 3.12. The van der Waals surface area contributed by atoms with Crippen molar-refractivity contribution >= 4 is 32.6 Å². The molecule has 2 N–H and O–H groups in total. The molecule has 12 heteroatoms. The van der Waals surface area contributed by atoms with Crippen molar-refractivity contribution in [3.05, 3.63) is 59.0 Å². The quantitative estimate of drug-likeness (QED) is 0.485. The molecule has 1 unspecified atom stereocenters. The zero-order valence-electron chi connectivity index (χ0n) is 18.3. The lowest BCUT2D eigenvalue weighted by Crippen LogP contribution is -2.36. The molecule has 0 aliphatic carbocycles. The molecule has 1 atom stereocenters. The van der Waals surface area contributed by atoms with Crippen molar-refractivity contribution in [2.24, 2.45) is 0 Å². The van der Waals surface area contributed by atoms with E-state index in [1.165, 1.54) is 18.2 Å². The molecular weight excluding hydrogens is 473 g/mol. The van der Waals surface area contributed by atoms with Gasteiger partial charge in [-0.25, -0.2) is 26.6 Å². The number of morpholine rings is 1. The zero-order valence-corrected chi connectivity index (χ0v) is 19.1. The Morgan fingerprint density at radius 3 is 2.59 bits per heavy atom. The third-order valence-electron chi connectivity index (χ3n) is 5.41. The smallest absolute Gasteiger partial charge is 0.232 e. The Hall–Kier alpha value is -2.96. The number of hydrogen-bond acceptors (Lipinski definition) is 7. The standard InChI is InChI=1S/C22H23F3N4O4S/c1-2-9-34(31,32)28-17-11-14(23)20(24)19(21(17)25)22(30)13-3-4-15-16(10-13)27-18(12-26-15)29-5-7-33-8-6-29/h3-4,10-12,22,28,30H,2,5-9H2,1H3. The number of aliphatic hydroxyl groups is 1. The summed E-state index contributed by atoms with van der Waals surface area (Å²) in [5.74, 6) is -4.27. The van der Waals surface area contributed by atoms with Crippen LogP contribution in [0.3, 0.4) is 0 Å². The normalized spacial score (nSPS) is 15.5. The van der Waals surface area contributed by atoms with Crippen LogP contribution in [0.2, 0.25) is 0 Å². The van der Waals surface area contributed by atoms with E-state index in [9.17, 15) is 22.3 Å². The number of fused-ring (bicyclic) bond motifs is 1. The highest BCUT2D eigenvalue weighted by Crippen LogP contribution is 2.34. The highest BCUT2D eigenvalue weighted by Gasteiger charge is 2.27. The molecule has 1 aliphatic rings. The molecule has 0 spiro atoms. The van der Waals surface area contributed by atoms with Gasteiger partial charge in [-0.3, -0.25) is 9.71 Å². The molecule has 8 nitrogen and oxygen atoms in total. The van der Waals surface area contributed by atoms with E-state index >= 15 is 4.39 Å². The first-order valence-corrected chi connectivity index (χ1v) is 12.3. The Balaban J connectivity index is 1.72. The van der Waals surface area contributed by atoms with Gasteiger partial charge in [0.25, 0.3) is 0 Å². The van der Waals surface area contributed by atoms with E-state index in [4.69, 9.17) is 4.74 Å². The number of hydrogen-bond donors (Lipinski definition) is 2. The molecule has 2 aromatic carbocycles. The van der Waals surface area contributed by atoms with Gasteiger partial charge in [-0.15, -0.1) is 0 Å². The molecule has 34 heavy (non-hydrogen) atoms. The summed E-state index contributed by atoms with van der Waals surface area (Å²) in [7, 11) is -3.98. The minimum atomic E-state index is -3.98. The second kappa shape index (κ2) is 9.72. The summed E-state index contributed by atoms with van der Waals surface area (Å²) in [5.41, 5.74) is -0.906. The van der Waals surface area contributed by atoms with E-state index in [-0.39, 0.29) is 17.7 Å². The monoisotopic (exact) mass is 496 g/mol. The van der Waals surface area contributed by atoms with Gasteiger partial charge in [0.1, 0.15) is 11.9 Å². The number of nitrogens with zero attached hydrogens (tertiary/aromatic N) is 3. The fourth-order valence-electron chi connectivity index (χ4n) is 3.73. The number of aliphatic hydroxyl groups excluding tert-OH is 1. The van der Waals surface area contributed by atoms with Crippen LogP contribution in [-0.4, -0.2) is 55.5 Å². The van der Waals surface area contributed by atoms with Gasteiger partial charge in [-0.1, -0.05) is 13.0 Å². The van der Waals surface area contributed by atoms with Crippen molar-refractivity contribution in [2.45, 2.75) is 19.4 Å². The van der Waals surface area contributed by atoms with E-state index in [0.717, 1.165) is 0 Å². The minimum Gasteiger partial charge on any atom is -0.383 e. The van der Waals surface area contributed by atoms with Gasteiger partial charge in [0.15, 0.2) is 17.5 Å². The Bertz CT molecular complexity index is 1320. The highest BCUT2D eigenvalue weighted by molar-refractivity contribution is 7.92. The van der Waals surface area contributed by atoms with Crippen LogP contribution in [0.15, 0.2) is 30.5 Å². The molecule has 4 rings (SSSR count). The first-order chi connectivity index (χ1) is 16.2. The van der Waals surface area contributed by atoms with E-state index in [1.54, 1.807) is 13.1 Å². The molecule has 1 aromatic heterocycles. The van der Waals surface area contributed by atoms with Gasteiger partial charge >= 0.3 is 0 Å². The molecule has 0 bridgehead atoms. The van der Waals surface area contributed by atoms with Crippen molar-refractivity contribution in [3.8, 4) is 0 Å². The van der Waals surface area contributed by atoms with Crippen LogP contribution >= 0.6 is 0 Å². The van der Waals surface area contributed by atoms with E-state index in [1.807, 2.05) is 9.62 Å². The zero-order chi connectivity index (χ0) is 24.5. The molecule has 1 aliphatic heterocycles. The first kappa shape index (κ1) is 24.2. The number of ether oxygens (including phenoxy) is 1. The third kappa shape index (κ3) is 4.93. The highest BCUT2D eigenvalue weighted by atomic mass is 32.2. The maximum atomic E-state index is 15.1. The second-order valence-electron chi connectivity index (χ2n) is 7.85. The van der Waals surface area contributed by atoms with Crippen LogP contribution in [0.5, 0.6) is 0 Å². The lowest BCUT2D eigenvalue weighted by Gasteiger charge is -2.27. The number of nitrogens with one attached hydrogen (secondary N) is 1. The van der Waals surface area contributed by atoms with Gasteiger partial charge in [-0.05, 0) is 24.1 Å². The van der Waals surface area contributed by atoms with Gasteiger partial charge in [0.05, 0.1) is 47.4 Å². The summed E-state index contributed by atoms with van der Waals surface area (Å²) in [6.45, 7) is 3.93. The first-order valence-electron chi connectivity index (χ1n) is 10.7. The van der Waals surface area contributed by atoms with Crippen molar-refractivity contribution in [2.75, 3.05) is 41.7 Å². The van der Waals surface area contributed by atoms with Crippen LogP contribution in [0.1, 0.15) is 30.6 Å². The Labute approximate surface area is 194 Å². The summed E-state index contributed by atoms with van der Waals surface area (Å²) >= 11 is 0. The van der Waals surface area contributed by atoms with Crippen molar-refractivity contribution < 1.29 is 31.4 Å². The molecule has 0 amide bonds. The summed E-state index contributed by atoms with van der Waals surface area (Å²) in [6.07, 6.45) is -0.0891. The maximum absolute atomic E-state index is 15.1. The molecule has 0 radical (unpaired) electrons. The number of halogens is 3. The topological polar surface area (TPSA) is 105 Å². The van der Waals surface area contributed by atoms with Gasteiger partial charge < -0.3 is 14.7 Å². The largest absolute Gasteiger partial charge is 0.383 e. The Morgan fingerprint density at radius 2 is 1.88 bits per heavy atom. The average Bonchev–Trinajstić information content (AvgIpc) is 2.82. The second-order valence-corrected chi connectivity index (χ2v) is 9.69. The fraction of sp³-hybridized carbons (Fsp3) is 0.364. The van der Waals surface area contributed by atoms with E-state index in [2.05, 4.69) is 9.97 Å². The maximum Gasteiger partial charge on any atom is 0.232 e. The molecule has 1 fully saturated rings. The number of aromatic nitrogens is 2. The molecule has 2 heterocycles. The van der Waals surface area contributed by atoms with E-state index in [0.29, 0.717) is 49.2 Å². The van der Waals surface area contributed by atoms with Crippen LogP contribution in [0.4, 0.5) is 24.7 Å². The Morgan fingerprint density at radius 1 is 1.15 bits per heavy atom. The fourth-order valence-corrected chi connectivity index (χ4v) is 4.85.